The summed E-state index contributed by atoms with van der Waals surface area (Å²) in [5.74, 6) is 2.08. The lowest BCUT2D eigenvalue weighted by Crippen LogP contribution is -1.94. The topological polar surface area (TPSA) is 35.8 Å². The molecular formula is C18H20N2O2. The highest BCUT2D eigenvalue weighted by molar-refractivity contribution is 5.67. The molecule has 3 aromatic rings. The van der Waals surface area contributed by atoms with Crippen LogP contribution in [0.15, 0.2) is 42.7 Å². The Bertz CT molecular complexity index is 806. The van der Waals surface area contributed by atoms with Crippen LogP contribution in [-0.4, -0.2) is 23.6 Å². The fraction of sp³-hybridized carbons (Fsp3) is 0.278. The van der Waals surface area contributed by atoms with Crippen molar-refractivity contribution in [2.45, 2.75) is 19.8 Å². The lowest BCUT2D eigenvalue weighted by atomic mass is 9.98. The molecule has 0 fully saturated rings. The van der Waals surface area contributed by atoms with Crippen molar-refractivity contribution < 1.29 is 9.47 Å². The van der Waals surface area contributed by atoms with Crippen LogP contribution in [0, 0.1) is 0 Å². The summed E-state index contributed by atoms with van der Waals surface area (Å²) in [5, 5.41) is 0. The van der Waals surface area contributed by atoms with E-state index in [-0.39, 0.29) is 0 Å². The van der Waals surface area contributed by atoms with Crippen LogP contribution in [0.1, 0.15) is 25.3 Å². The Kier molecular flexibility index (Phi) is 3.75. The van der Waals surface area contributed by atoms with Crippen LogP contribution >= 0.6 is 0 Å². The Morgan fingerprint density at radius 3 is 2.50 bits per heavy atom. The molecule has 22 heavy (non-hydrogen) atoms. The maximum absolute atomic E-state index is 5.45. The fourth-order valence-electron chi connectivity index (χ4n) is 2.63. The highest BCUT2D eigenvalue weighted by Gasteiger charge is 2.12. The molecule has 0 spiro atoms. The second-order valence-corrected chi connectivity index (χ2v) is 5.55. The summed E-state index contributed by atoms with van der Waals surface area (Å²) < 4.78 is 12.8. The summed E-state index contributed by atoms with van der Waals surface area (Å²) in [6.45, 7) is 4.32. The highest BCUT2D eigenvalue weighted by atomic mass is 16.5. The van der Waals surface area contributed by atoms with Crippen molar-refractivity contribution in [3.05, 3.63) is 48.3 Å². The Balaban J connectivity index is 2.13. The van der Waals surface area contributed by atoms with Gasteiger partial charge in [0.05, 0.1) is 19.9 Å². The summed E-state index contributed by atoms with van der Waals surface area (Å²) in [6, 6.07) is 10.1. The van der Waals surface area contributed by atoms with E-state index in [0.717, 1.165) is 28.4 Å². The van der Waals surface area contributed by atoms with Crippen molar-refractivity contribution in [2.24, 2.45) is 0 Å². The van der Waals surface area contributed by atoms with Crippen molar-refractivity contribution in [1.29, 1.82) is 0 Å². The highest BCUT2D eigenvalue weighted by Crippen LogP contribution is 2.32. The number of hydrogen-bond acceptors (Lipinski definition) is 3. The minimum absolute atomic E-state index is 0.390. The average Bonchev–Trinajstić information content (AvgIpc) is 2.98. The van der Waals surface area contributed by atoms with Crippen LogP contribution in [0.4, 0.5) is 0 Å². The minimum atomic E-state index is 0.390. The number of aromatic nitrogens is 2. The van der Waals surface area contributed by atoms with E-state index in [1.807, 2.05) is 41.1 Å². The van der Waals surface area contributed by atoms with E-state index in [1.54, 1.807) is 14.2 Å². The zero-order chi connectivity index (χ0) is 15.7. The van der Waals surface area contributed by atoms with Gasteiger partial charge in [0.25, 0.3) is 0 Å². The molecule has 0 atom stereocenters. The van der Waals surface area contributed by atoms with Gasteiger partial charge in [0.2, 0.25) is 0 Å². The zero-order valence-electron chi connectivity index (χ0n) is 13.3. The maximum atomic E-state index is 5.45. The standard InChI is InChI=1S/C18H20N2O2/c1-12(2)14-10-13(7-8-16(14)21-3)15-11-20-9-5-6-17(22-4)18(20)19-15/h5-12H,1-4H3. The summed E-state index contributed by atoms with van der Waals surface area (Å²) in [5.41, 5.74) is 4.01. The van der Waals surface area contributed by atoms with Gasteiger partial charge in [0.15, 0.2) is 11.4 Å². The number of imidazole rings is 1. The monoisotopic (exact) mass is 296 g/mol. The van der Waals surface area contributed by atoms with Gasteiger partial charge >= 0.3 is 0 Å². The lowest BCUT2D eigenvalue weighted by molar-refractivity contribution is 0.407. The average molecular weight is 296 g/mol. The number of nitrogens with zero attached hydrogens (tertiary/aromatic N) is 2. The first-order valence-electron chi connectivity index (χ1n) is 7.34. The van der Waals surface area contributed by atoms with Crippen LogP contribution < -0.4 is 9.47 Å². The molecule has 0 radical (unpaired) electrons. The zero-order valence-corrected chi connectivity index (χ0v) is 13.3. The third kappa shape index (κ3) is 2.41. The molecule has 0 unspecified atom stereocenters. The summed E-state index contributed by atoms with van der Waals surface area (Å²) in [7, 11) is 3.37. The smallest absolute Gasteiger partial charge is 0.180 e. The summed E-state index contributed by atoms with van der Waals surface area (Å²) >= 11 is 0. The molecular weight excluding hydrogens is 276 g/mol. The molecule has 0 amide bonds. The van der Waals surface area contributed by atoms with E-state index < -0.39 is 0 Å². The quantitative estimate of drug-likeness (QED) is 0.726. The van der Waals surface area contributed by atoms with Crippen molar-refractivity contribution in [3.8, 4) is 22.8 Å². The van der Waals surface area contributed by atoms with Gasteiger partial charge in [0.1, 0.15) is 5.75 Å². The van der Waals surface area contributed by atoms with Crippen molar-refractivity contribution in [1.82, 2.24) is 9.38 Å². The molecule has 2 aromatic heterocycles. The van der Waals surface area contributed by atoms with Gasteiger partial charge < -0.3 is 13.9 Å². The molecule has 4 nitrogen and oxygen atoms in total. The normalized spacial score (nSPS) is 11.1. The Hall–Kier alpha value is -2.49. The van der Waals surface area contributed by atoms with Crippen molar-refractivity contribution in [3.63, 3.8) is 0 Å². The molecule has 0 saturated carbocycles. The second kappa shape index (κ2) is 5.72. The maximum Gasteiger partial charge on any atom is 0.180 e. The Labute approximate surface area is 130 Å². The number of hydrogen-bond donors (Lipinski definition) is 0. The molecule has 0 aliphatic carbocycles. The number of benzene rings is 1. The molecule has 114 valence electrons. The van der Waals surface area contributed by atoms with E-state index in [9.17, 15) is 0 Å². The SMILES string of the molecule is COc1ccc(-c2cn3cccc(OC)c3n2)cc1C(C)C. The van der Waals surface area contributed by atoms with Crippen LogP contribution in [0.25, 0.3) is 16.9 Å². The molecule has 0 aliphatic rings. The molecule has 3 rings (SSSR count). The summed E-state index contributed by atoms with van der Waals surface area (Å²) in [6.07, 6.45) is 3.99. The van der Waals surface area contributed by atoms with Crippen LogP contribution in [0.3, 0.4) is 0 Å². The second-order valence-electron chi connectivity index (χ2n) is 5.55. The van der Waals surface area contributed by atoms with Gasteiger partial charge in [-0.25, -0.2) is 4.98 Å². The van der Waals surface area contributed by atoms with E-state index in [0.29, 0.717) is 5.92 Å². The van der Waals surface area contributed by atoms with Gasteiger partial charge in [-0.1, -0.05) is 13.8 Å². The molecule has 2 heterocycles. The van der Waals surface area contributed by atoms with Crippen LogP contribution in [0.5, 0.6) is 11.5 Å². The first kappa shape index (κ1) is 14.4. The number of pyridine rings is 1. The largest absolute Gasteiger partial charge is 0.496 e. The first-order chi connectivity index (χ1) is 10.6. The van der Waals surface area contributed by atoms with Crippen LogP contribution in [0.2, 0.25) is 0 Å². The number of methoxy groups -OCH3 is 2. The number of rotatable bonds is 4. The van der Waals surface area contributed by atoms with E-state index in [2.05, 4.69) is 19.9 Å². The Morgan fingerprint density at radius 2 is 1.82 bits per heavy atom. The van der Waals surface area contributed by atoms with E-state index in [4.69, 9.17) is 14.5 Å². The lowest BCUT2D eigenvalue weighted by Gasteiger charge is -2.12. The van der Waals surface area contributed by atoms with Crippen molar-refractivity contribution in [2.75, 3.05) is 14.2 Å². The molecule has 0 N–H and O–H groups in total. The molecule has 0 saturated heterocycles. The summed E-state index contributed by atoms with van der Waals surface area (Å²) in [4.78, 5) is 4.71. The van der Waals surface area contributed by atoms with Gasteiger partial charge in [-0.15, -0.1) is 0 Å². The first-order valence-corrected chi connectivity index (χ1v) is 7.34. The molecule has 0 aliphatic heterocycles. The predicted molar refractivity (Wildman–Crippen MR) is 87.8 cm³/mol. The number of ether oxygens (including phenoxy) is 2. The van der Waals surface area contributed by atoms with Crippen molar-refractivity contribution >= 4 is 5.65 Å². The molecule has 1 aromatic carbocycles. The molecule has 4 heteroatoms. The predicted octanol–water partition coefficient (Wildman–Crippen LogP) is 4.14. The van der Waals surface area contributed by atoms with E-state index >= 15 is 0 Å². The fourth-order valence-corrected chi connectivity index (χ4v) is 2.63. The van der Waals surface area contributed by atoms with Gasteiger partial charge in [0, 0.05) is 18.0 Å². The van der Waals surface area contributed by atoms with Gasteiger partial charge in [-0.3, -0.25) is 0 Å². The van der Waals surface area contributed by atoms with Crippen LogP contribution in [-0.2, 0) is 0 Å². The van der Waals surface area contributed by atoms with Gasteiger partial charge in [-0.05, 0) is 41.8 Å². The molecule has 0 bridgehead atoms. The Morgan fingerprint density at radius 1 is 1.05 bits per heavy atom. The number of fused-ring (bicyclic) bond motifs is 1. The van der Waals surface area contributed by atoms with E-state index in [1.165, 1.54) is 5.56 Å². The third-order valence-corrected chi connectivity index (χ3v) is 3.81. The minimum Gasteiger partial charge on any atom is -0.496 e. The van der Waals surface area contributed by atoms with Gasteiger partial charge in [-0.2, -0.15) is 0 Å². The third-order valence-electron chi connectivity index (χ3n) is 3.81.